The van der Waals surface area contributed by atoms with E-state index >= 15 is 0 Å². The molecule has 1 saturated heterocycles. The first-order valence-corrected chi connectivity index (χ1v) is 7.06. The molecule has 1 N–H and O–H groups in total. The van der Waals surface area contributed by atoms with E-state index in [0.717, 1.165) is 32.8 Å². The van der Waals surface area contributed by atoms with Gasteiger partial charge in [-0.2, -0.15) is 0 Å². The summed E-state index contributed by atoms with van der Waals surface area (Å²) in [5, 5.41) is 3.35. The molecule has 1 aliphatic rings. The largest absolute Gasteiger partial charge is 0.379 e. The lowest BCUT2D eigenvalue weighted by Gasteiger charge is -2.32. The van der Waals surface area contributed by atoms with E-state index in [2.05, 4.69) is 40.5 Å². The van der Waals surface area contributed by atoms with Gasteiger partial charge >= 0.3 is 0 Å². The van der Waals surface area contributed by atoms with Gasteiger partial charge in [-0.1, -0.05) is 0 Å². The zero-order valence-electron chi connectivity index (χ0n) is 12.5. The third-order valence-electron chi connectivity index (χ3n) is 4.03. The number of imidazole rings is 1. The molecule has 5 heteroatoms. The zero-order valence-corrected chi connectivity index (χ0v) is 12.5. The number of rotatable bonds is 5. The number of ether oxygens (including phenoxy) is 1. The molecular weight excluding hydrogens is 240 g/mol. The van der Waals surface area contributed by atoms with Crippen LogP contribution in [-0.2, 0) is 10.3 Å². The highest BCUT2D eigenvalue weighted by Gasteiger charge is 2.25. The summed E-state index contributed by atoms with van der Waals surface area (Å²) in [5.74, 6) is 0. The van der Waals surface area contributed by atoms with Gasteiger partial charge in [0, 0.05) is 25.7 Å². The first-order chi connectivity index (χ1) is 9.04. The molecule has 108 valence electrons. The number of nitrogens with one attached hydrogen (secondary N) is 1. The monoisotopic (exact) mass is 266 g/mol. The van der Waals surface area contributed by atoms with Crippen molar-refractivity contribution in [3.63, 3.8) is 0 Å². The summed E-state index contributed by atoms with van der Waals surface area (Å²) in [6.07, 6.45) is 3.91. The Kier molecular flexibility index (Phi) is 4.60. The highest BCUT2D eigenvalue weighted by molar-refractivity contribution is 5.12. The Hall–Kier alpha value is -0.910. The van der Waals surface area contributed by atoms with Crippen LogP contribution in [0.25, 0.3) is 0 Å². The van der Waals surface area contributed by atoms with E-state index in [4.69, 9.17) is 4.74 Å². The Labute approximate surface area is 116 Å². The molecule has 1 aromatic heterocycles. The third kappa shape index (κ3) is 3.35. The van der Waals surface area contributed by atoms with Crippen LogP contribution in [0.5, 0.6) is 0 Å². The van der Waals surface area contributed by atoms with Crippen molar-refractivity contribution in [2.45, 2.75) is 32.4 Å². The molecule has 1 unspecified atom stereocenters. The number of morpholine rings is 1. The zero-order chi connectivity index (χ0) is 13.9. The van der Waals surface area contributed by atoms with Crippen LogP contribution in [0.3, 0.4) is 0 Å². The van der Waals surface area contributed by atoms with Crippen LogP contribution in [0, 0.1) is 0 Å². The lowest BCUT2D eigenvalue weighted by Crippen LogP contribution is -2.41. The highest BCUT2D eigenvalue weighted by atomic mass is 16.5. The summed E-state index contributed by atoms with van der Waals surface area (Å²) < 4.78 is 7.68. The van der Waals surface area contributed by atoms with Crippen LogP contribution < -0.4 is 5.32 Å². The molecule has 0 aromatic carbocycles. The smallest absolute Gasteiger partial charge is 0.0951 e. The molecule has 1 fully saturated rings. The van der Waals surface area contributed by atoms with Crippen LogP contribution in [0.4, 0.5) is 0 Å². The summed E-state index contributed by atoms with van der Waals surface area (Å²) in [4.78, 5) is 6.79. The van der Waals surface area contributed by atoms with Gasteiger partial charge in [0.25, 0.3) is 0 Å². The first-order valence-electron chi connectivity index (χ1n) is 7.06. The average molecular weight is 266 g/mol. The van der Waals surface area contributed by atoms with E-state index in [1.54, 1.807) is 0 Å². The van der Waals surface area contributed by atoms with Crippen LogP contribution >= 0.6 is 0 Å². The molecule has 1 aliphatic heterocycles. The molecule has 0 radical (unpaired) electrons. The maximum Gasteiger partial charge on any atom is 0.0951 e. The normalized spacial score (nSPS) is 19.6. The summed E-state index contributed by atoms with van der Waals surface area (Å²) in [7, 11) is 1.99. The first kappa shape index (κ1) is 14.5. The predicted molar refractivity (Wildman–Crippen MR) is 76.3 cm³/mol. The topological polar surface area (TPSA) is 42.3 Å². The fraction of sp³-hybridized carbons (Fsp3) is 0.786. The lowest BCUT2D eigenvalue weighted by atomic mass is 10.0. The van der Waals surface area contributed by atoms with Crippen molar-refractivity contribution < 1.29 is 4.74 Å². The third-order valence-corrected chi connectivity index (χ3v) is 4.03. The average Bonchev–Trinajstić information content (AvgIpc) is 2.90. The van der Waals surface area contributed by atoms with Gasteiger partial charge in [-0.15, -0.1) is 0 Å². The summed E-state index contributed by atoms with van der Waals surface area (Å²) in [6.45, 7) is 11.4. The van der Waals surface area contributed by atoms with Gasteiger partial charge < -0.3 is 14.6 Å². The number of hydrogen-bond donors (Lipinski definition) is 1. The van der Waals surface area contributed by atoms with E-state index < -0.39 is 0 Å². The van der Waals surface area contributed by atoms with Gasteiger partial charge in [0.1, 0.15) is 0 Å². The molecular formula is C14H26N4O. The Morgan fingerprint density at radius 1 is 1.42 bits per heavy atom. The fourth-order valence-electron chi connectivity index (χ4n) is 2.51. The van der Waals surface area contributed by atoms with Gasteiger partial charge in [-0.3, -0.25) is 4.90 Å². The molecule has 0 saturated carbocycles. The van der Waals surface area contributed by atoms with Crippen LogP contribution in [0.1, 0.15) is 32.5 Å². The van der Waals surface area contributed by atoms with Crippen LogP contribution in [0.15, 0.2) is 12.5 Å². The van der Waals surface area contributed by atoms with Crippen molar-refractivity contribution in [3.05, 3.63) is 18.2 Å². The number of aromatic nitrogens is 2. The van der Waals surface area contributed by atoms with Gasteiger partial charge in [0.2, 0.25) is 0 Å². The van der Waals surface area contributed by atoms with Crippen molar-refractivity contribution in [2.75, 3.05) is 39.9 Å². The van der Waals surface area contributed by atoms with Crippen molar-refractivity contribution in [3.8, 4) is 0 Å². The Bertz CT molecular complexity index is 396. The number of hydrogen-bond acceptors (Lipinski definition) is 4. The Morgan fingerprint density at radius 3 is 2.74 bits per heavy atom. The van der Waals surface area contributed by atoms with E-state index in [-0.39, 0.29) is 5.54 Å². The summed E-state index contributed by atoms with van der Waals surface area (Å²) in [6, 6.07) is 0.420. The maximum atomic E-state index is 5.40. The Balaban J connectivity index is 2.06. The molecule has 0 amide bonds. The van der Waals surface area contributed by atoms with E-state index in [0.29, 0.717) is 6.04 Å². The Morgan fingerprint density at radius 2 is 2.11 bits per heavy atom. The molecule has 0 bridgehead atoms. The molecule has 0 spiro atoms. The molecule has 5 nitrogen and oxygen atoms in total. The quantitative estimate of drug-likeness (QED) is 0.870. The lowest BCUT2D eigenvalue weighted by molar-refractivity contribution is 0.0322. The van der Waals surface area contributed by atoms with Crippen molar-refractivity contribution in [1.82, 2.24) is 19.8 Å². The standard InChI is InChI=1S/C14H26N4O/c1-12(10-17-5-7-19-8-6-17)18-11-16-9-13(18)14(2,3)15-4/h9,11-12,15H,5-8,10H2,1-4H3. The van der Waals surface area contributed by atoms with Crippen molar-refractivity contribution in [2.24, 2.45) is 0 Å². The minimum absolute atomic E-state index is 0.0598. The maximum absolute atomic E-state index is 5.40. The van der Waals surface area contributed by atoms with E-state index in [1.165, 1.54) is 5.69 Å². The fourth-order valence-corrected chi connectivity index (χ4v) is 2.51. The molecule has 0 aliphatic carbocycles. The van der Waals surface area contributed by atoms with Crippen LogP contribution in [-0.4, -0.2) is 54.3 Å². The SMILES string of the molecule is CNC(C)(C)c1cncn1C(C)CN1CCOCC1. The van der Waals surface area contributed by atoms with Crippen molar-refractivity contribution >= 4 is 0 Å². The second-order valence-corrected chi connectivity index (χ2v) is 5.82. The molecule has 2 rings (SSSR count). The molecule has 1 atom stereocenters. The minimum Gasteiger partial charge on any atom is -0.379 e. The van der Waals surface area contributed by atoms with E-state index in [9.17, 15) is 0 Å². The van der Waals surface area contributed by atoms with Crippen LogP contribution in [0.2, 0.25) is 0 Å². The predicted octanol–water partition coefficient (Wildman–Crippen LogP) is 1.23. The highest BCUT2D eigenvalue weighted by Crippen LogP contribution is 2.22. The molecule has 1 aromatic rings. The summed E-state index contributed by atoms with van der Waals surface area (Å²) in [5.41, 5.74) is 1.17. The second-order valence-electron chi connectivity index (χ2n) is 5.82. The molecule has 2 heterocycles. The van der Waals surface area contributed by atoms with Crippen molar-refractivity contribution in [1.29, 1.82) is 0 Å². The van der Waals surface area contributed by atoms with Gasteiger partial charge in [-0.25, -0.2) is 4.98 Å². The van der Waals surface area contributed by atoms with Gasteiger partial charge in [-0.05, 0) is 27.8 Å². The van der Waals surface area contributed by atoms with Gasteiger partial charge in [0.15, 0.2) is 0 Å². The molecule has 19 heavy (non-hydrogen) atoms. The minimum atomic E-state index is -0.0598. The van der Waals surface area contributed by atoms with E-state index in [1.807, 2.05) is 19.6 Å². The second kappa shape index (κ2) is 6.03. The van der Waals surface area contributed by atoms with Gasteiger partial charge in [0.05, 0.1) is 37.0 Å². The summed E-state index contributed by atoms with van der Waals surface area (Å²) >= 11 is 0. The number of nitrogens with zero attached hydrogens (tertiary/aromatic N) is 3.